The molecule has 0 spiro atoms. The number of fused-ring (bicyclic) bond motifs is 1. The standard InChI is InChI=1S/C18H32O3/c1-16(2)9-6-10-17(3)14(16)7-11-18(4,21-13-20-5)15(17)8-12-19/h12,14-15H,6-11,13H2,1-5H3/t14-,15+,17-,18+/m0/s1. The molecular weight excluding hydrogens is 264 g/mol. The second-order valence-electron chi connectivity index (χ2n) is 8.26. The van der Waals surface area contributed by atoms with Crippen LogP contribution in [0.15, 0.2) is 0 Å². The van der Waals surface area contributed by atoms with Crippen LogP contribution in [0.1, 0.15) is 66.2 Å². The average molecular weight is 296 g/mol. The molecule has 0 aliphatic heterocycles. The molecule has 2 rings (SSSR count). The highest BCUT2D eigenvalue weighted by atomic mass is 16.7. The van der Waals surface area contributed by atoms with Crippen molar-refractivity contribution in [2.75, 3.05) is 13.9 Å². The number of carbonyl (C=O) groups is 1. The van der Waals surface area contributed by atoms with E-state index in [-0.39, 0.29) is 16.9 Å². The summed E-state index contributed by atoms with van der Waals surface area (Å²) in [6, 6.07) is 0. The summed E-state index contributed by atoms with van der Waals surface area (Å²) in [4.78, 5) is 11.3. The zero-order valence-electron chi connectivity index (χ0n) is 14.4. The van der Waals surface area contributed by atoms with Gasteiger partial charge >= 0.3 is 0 Å². The van der Waals surface area contributed by atoms with Gasteiger partial charge in [-0.1, -0.05) is 27.2 Å². The molecule has 0 aromatic rings. The van der Waals surface area contributed by atoms with Crippen LogP contribution in [0.25, 0.3) is 0 Å². The number of carbonyl (C=O) groups excluding carboxylic acids is 1. The Labute approximate surface area is 129 Å². The Morgan fingerprint density at radius 3 is 2.48 bits per heavy atom. The molecular formula is C18H32O3. The number of ether oxygens (including phenoxy) is 2. The molecule has 0 aromatic heterocycles. The van der Waals surface area contributed by atoms with Crippen molar-refractivity contribution < 1.29 is 14.3 Å². The van der Waals surface area contributed by atoms with Crippen molar-refractivity contribution in [3.8, 4) is 0 Å². The Balaban J connectivity index is 2.33. The van der Waals surface area contributed by atoms with Crippen molar-refractivity contribution in [2.24, 2.45) is 22.7 Å². The van der Waals surface area contributed by atoms with E-state index < -0.39 is 0 Å². The summed E-state index contributed by atoms with van der Waals surface area (Å²) in [5.41, 5.74) is 0.329. The fourth-order valence-electron chi connectivity index (χ4n) is 5.59. The first kappa shape index (κ1) is 17.0. The van der Waals surface area contributed by atoms with Crippen molar-refractivity contribution in [3.63, 3.8) is 0 Å². The molecule has 4 atom stereocenters. The summed E-state index contributed by atoms with van der Waals surface area (Å²) >= 11 is 0. The molecule has 3 nitrogen and oxygen atoms in total. The first-order chi connectivity index (χ1) is 9.80. The van der Waals surface area contributed by atoms with Gasteiger partial charge in [0.1, 0.15) is 13.1 Å². The second kappa shape index (κ2) is 6.00. The highest BCUT2D eigenvalue weighted by Gasteiger charge is 2.58. The lowest BCUT2D eigenvalue weighted by Gasteiger charge is -2.61. The molecule has 0 heterocycles. The van der Waals surface area contributed by atoms with Gasteiger partial charge in [-0.3, -0.25) is 0 Å². The average Bonchev–Trinajstić information content (AvgIpc) is 2.40. The molecule has 2 saturated carbocycles. The number of rotatable bonds is 5. The molecule has 2 aliphatic rings. The van der Waals surface area contributed by atoms with Crippen molar-refractivity contribution in [1.82, 2.24) is 0 Å². The van der Waals surface area contributed by atoms with Gasteiger partial charge in [0.25, 0.3) is 0 Å². The van der Waals surface area contributed by atoms with Gasteiger partial charge in [0.05, 0.1) is 5.60 Å². The topological polar surface area (TPSA) is 35.5 Å². The van der Waals surface area contributed by atoms with Crippen LogP contribution in [-0.2, 0) is 14.3 Å². The summed E-state index contributed by atoms with van der Waals surface area (Å²) in [5, 5.41) is 0. The van der Waals surface area contributed by atoms with Crippen LogP contribution in [0.4, 0.5) is 0 Å². The smallest absolute Gasteiger partial charge is 0.147 e. The number of hydrogen-bond acceptors (Lipinski definition) is 3. The first-order valence-electron chi connectivity index (χ1n) is 8.37. The summed E-state index contributed by atoms with van der Waals surface area (Å²) in [7, 11) is 1.66. The monoisotopic (exact) mass is 296 g/mol. The summed E-state index contributed by atoms with van der Waals surface area (Å²) < 4.78 is 11.2. The van der Waals surface area contributed by atoms with E-state index >= 15 is 0 Å². The molecule has 0 N–H and O–H groups in total. The van der Waals surface area contributed by atoms with E-state index in [1.807, 2.05) is 0 Å². The van der Waals surface area contributed by atoms with Crippen LogP contribution in [0.3, 0.4) is 0 Å². The van der Waals surface area contributed by atoms with E-state index in [1.165, 1.54) is 25.7 Å². The van der Waals surface area contributed by atoms with Gasteiger partial charge in [0.15, 0.2) is 0 Å². The molecule has 0 radical (unpaired) electrons. The molecule has 122 valence electrons. The molecule has 0 unspecified atom stereocenters. The zero-order chi connectivity index (χ0) is 15.7. The minimum atomic E-state index is -0.240. The Morgan fingerprint density at radius 1 is 1.14 bits per heavy atom. The second-order valence-corrected chi connectivity index (χ2v) is 8.26. The molecule has 0 bridgehead atoms. The van der Waals surface area contributed by atoms with Gasteiger partial charge in [-0.2, -0.15) is 0 Å². The molecule has 2 fully saturated rings. The summed E-state index contributed by atoms with van der Waals surface area (Å²) in [6.45, 7) is 9.72. The Kier molecular flexibility index (Phi) is 4.84. The van der Waals surface area contributed by atoms with E-state index in [0.29, 0.717) is 24.5 Å². The van der Waals surface area contributed by atoms with Crippen LogP contribution in [-0.4, -0.2) is 25.8 Å². The molecule has 0 amide bonds. The van der Waals surface area contributed by atoms with Gasteiger partial charge in [-0.25, -0.2) is 0 Å². The predicted octanol–water partition coefficient (Wildman–Crippen LogP) is 4.20. The lowest BCUT2D eigenvalue weighted by molar-refractivity contribution is -0.220. The number of methoxy groups -OCH3 is 1. The van der Waals surface area contributed by atoms with Crippen molar-refractivity contribution in [3.05, 3.63) is 0 Å². The van der Waals surface area contributed by atoms with Crippen LogP contribution < -0.4 is 0 Å². The lowest BCUT2D eigenvalue weighted by Crippen LogP contribution is -2.58. The van der Waals surface area contributed by atoms with Crippen molar-refractivity contribution >= 4 is 6.29 Å². The van der Waals surface area contributed by atoms with Crippen LogP contribution in [0.2, 0.25) is 0 Å². The fourth-order valence-corrected chi connectivity index (χ4v) is 5.59. The van der Waals surface area contributed by atoms with Gasteiger partial charge in [-0.15, -0.1) is 0 Å². The maximum absolute atomic E-state index is 11.3. The maximum Gasteiger partial charge on any atom is 0.147 e. The molecule has 0 aromatic carbocycles. The highest BCUT2D eigenvalue weighted by Crippen LogP contribution is 2.63. The van der Waals surface area contributed by atoms with E-state index in [4.69, 9.17) is 9.47 Å². The summed E-state index contributed by atoms with van der Waals surface area (Å²) in [6.07, 6.45) is 7.69. The third kappa shape index (κ3) is 2.92. The fraction of sp³-hybridized carbons (Fsp3) is 0.944. The van der Waals surface area contributed by atoms with Gasteiger partial charge in [0, 0.05) is 13.5 Å². The first-order valence-corrected chi connectivity index (χ1v) is 8.37. The van der Waals surface area contributed by atoms with Crippen LogP contribution in [0.5, 0.6) is 0 Å². The minimum Gasteiger partial charge on any atom is -0.359 e. The van der Waals surface area contributed by atoms with E-state index in [0.717, 1.165) is 12.7 Å². The Hall–Kier alpha value is -0.410. The molecule has 21 heavy (non-hydrogen) atoms. The van der Waals surface area contributed by atoms with E-state index in [2.05, 4.69) is 27.7 Å². The third-order valence-electron chi connectivity index (χ3n) is 6.58. The van der Waals surface area contributed by atoms with Crippen LogP contribution in [0, 0.1) is 22.7 Å². The van der Waals surface area contributed by atoms with Gasteiger partial charge in [-0.05, 0) is 55.3 Å². The molecule has 2 aliphatic carbocycles. The third-order valence-corrected chi connectivity index (χ3v) is 6.58. The largest absolute Gasteiger partial charge is 0.359 e. The normalized spacial score (nSPS) is 42.3. The van der Waals surface area contributed by atoms with Crippen LogP contribution >= 0.6 is 0 Å². The van der Waals surface area contributed by atoms with E-state index in [9.17, 15) is 4.79 Å². The number of hydrogen-bond donors (Lipinski definition) is 0. The van der Waals surface area contributed by atoms with Gasteiger partial charge in [0.2, 0.25) is 0 Å². The maximum atomic E-state index is 11.3. The Bertz CT molecular complexity index is 379. The highest BCUT2D eigenvalue weighted by molar-refractivity contribution is 5.50. The van der Waals surface area contributed by atoms with E-state index in [1.54, 1.807) is 7.11 Å². The predicted molar refractivity (Wildman–Crippen MR) is 84.0 cm³/mol. The zero-order valence-corrected chi connectivity index (χ0v) is 14.4. The lowest BCUT2D eigenvalue weighted by atomic mass is 9.45. The SMILES string of the molecule is COCO[C@]1(C)CC[C@H]2C(C)(C)CCC[C@]2(C)[C@H]1CC=O. The number of aldehydes is 1. The molecule has 0 saturated heterocycles. The van der Waals surface area contributed by atoms with Crippen molar-refractivity contribution in [2.45, 2.75) is 71.8 Å². The summed E-state index contributed by atoms with van der Waals surface area (Å²) in [5.74, 6) is 0.971. The quantitative estimate of drug-likeness (QED) is 0.563. The van der Waals surface area contributed by atoms with Crippen molar-refractivity contribution in [1.29, 1.82) is 0 Å². The minimum absolute atomic E-state index is 0.198. The Morgan fingerprint density at radius 2 is 1.86 bits per heavy atom. The van der Waals surface area contributed by atoms with Gasteiger partial charge < -0.3 is 14.3 Å². The molecule has 3 heteroatoms.